The SMILES string of the molecule is Cc1ccc(-c2ccc(OC3CCN(CCOCCOCC(=O)N[C@H](C(=O)N4C[C@H](O)C[C@H]4C(=O)N[C@@H](C)c4ccc(-c5scnc5C)cc4)C(C)(C)C)CC3)cc2)cc1C1=C(O)CC(C)(C)CC1=O. The molecule has 4 N–H and O–H groups in total. The quantitative estimate of drug-likeness (QED) is 0.0710. The molecule has 7 rings (SSSR count). The molecular weight excluding hydrogens is 907 g/mol. The number of Topliss-reactive ketones (excluding diaryl/α,β-unsaturated/α-hetero) is 1. The standard InChI is InChI=1S/C55H71N5O9S/c1-34-9-10-40(27-44(34)49-46(62)29-55(7,8)30-47(49)63)38-15-17-42(18-16-38)69-43-19-21-59(22-20-43)23-24-67-25-26-68-32-48(64)58-51(54(4,5)6)53(66)60-31-41(61)28-45(60)52(65)57-35(2)37-11-13-39(14-12-37)50-36(3)56-33-70-50/h9-18,27,33,35,41,43,45,51,61-62H,19-26,28-32H2,1-8H3,(H,57,65)(H,58,64)/t35-,41+,45-,51+/m0/s1. The number of piperidine rings is 1. The van der Waals surface area contributed by atoms with Crippen molar-refractivity contribution in [3.05, 3.63) is 100 Å². The van der Waals surface area contributed by atoms with Crippen LogP contribution in [0.1, 0.15) is 102 Å². The van der Waals surface area contributed by atoms with Crippen LogP contribution in [0.2, 0.25) is 0 Å². The number of carbonyl (C=O) groups excluding carboxylic acids is 4. The van der Waals surface area contributed by atoms with Gasteiger partial charge in [0, 0.05) is 45.4 Å². The molecule has 4 atom stereocenters. The van der Waals surface area contributed by atoms with Gasteiger partial charge >= 0.3 is 0 Å². The van der Waals surface area contributed by atoms with Gasteiger partial charge < -0.3 is 44.9 Å². The van der Waals surface area contributed by atoms with Crippen LogP contribution in [0.3, 0.4) is 0 Å². The van der Waals surface area contributed by atoms with E-state index in [2.05, 4.69) is 20.5 Å². The third-order valence-electron chi connectivity index (χ3n) is 13.6. The molecule has 2 fully saturated rings. The number of aliphatic hydroxyl groups is 2. The Bertz CT molecular complexity index is 2510. The third-order valence-corrected chi connectivity index (χ3v) is 14.6. The van der Waals surface area contributed by atoms with Crippen molar-refractivity contribution in [3.8, 4) is 27.3 Å². The van der Waals surface area contributed by atoms with Crippen molar-refractivity contribution in [2.45, 2.75) is 118 Å². The number of aryl methyl sites for hydroxylation is 2. The van der Waals surface area contributed by atoms with Crippen LogP contribution >= 0.6 is 11.3 Å². The zero-order valence-corrected chi connectivity index (χ0v) is 42.8. The van der Waals surface area contributed by atoms with Crippen molar-refractivity contribution in [3.63, 3.8) is 0 Å². The molecule has 376 valence electrons. The molecule has 0 spiro atoms. The minimum absolute atomic E-state index is 0.0137. The highest BCUT2D eigenvalue weighted by atomic mass is 32.1. The van der Waals surface area contributed by atoms with Crippen LogP contribution < -0.4 is 15.4 Å². The van der Waals surface area contributed by atoms with Crippen molar-refractivity contribution in [2.24, 2.45) is 10.8 Å². The summed E-state index contributed by atoms with van der Waals surface area (Å²) in [6.07, 6.45) is 1.99. The van der Waals surface area contributed by atoms with Crippen LogP contribution in [0.25, 0.3) is 27.1 Å². The minimum atomic E-state index is -0.960. The first-order valence-electron chi connectivity index (χ1n) is 24.6. The zero-order valence-electron chi connectivity index (χ0n) is 42.0. The van der Waals surface area contributed by atoms with Gasteiger partial charge in [-0.25, -0.2) is 4.98 Å². The molecule has 15 heteroatoms. The summed E-state index contributed by atoms with van der Waals surface area (Å²) in [6, 6.07) is 19.8. The number of amides is 3. The first-order chi connectivity index (χ1) is 33.3. The number of ether oxygens (including phenoxy) is 3. The van der Waals surface area contributed by atoms with Gasteiger partial charge in [0.05, 0.1) is 53.6 Å². The molecule has 3 amide bonds. The lowest BCUT2D eigenvalue weighted by Crippen LogP contribution is -2.58. The second-order valence-corrected chi connectivity index (χ2v) is 21.9. The first kappa shape index (κ1) is 52.4. The Morgan fingerprint density at radius 3 is 2.23 bits per heavy atom. The Hall–Kier alpha value is -5.45. The van der Waals surface area contributed by atoms with Crippen molar-refractivity contribution in [2.75, 3.05) is 52.6 Å². The Balaban J connectivity index is 0.791. The van der Waals surface area contributed by atoms with E-state index in [0.29, 0.717) is 31.6 Å². The highest BCUT2D eigenvalue weighted by molar-refractivity contribution is 7.13. The first-order valence-corrected chi connectivity index (χ1v) is 25.4. The van der Waals surface area contributed by atoms with Crippen LogP contribution in [0.4, 0.5) is 0 Å². The smallest absolute Gasteiger partial charge is 0.246 e. The summed E-state index contributed by atoms with van der Waals surface area (Å²) in [5.74, 6) is -0.297. The van der Waals surface area contributed by atoms with Crippen molar-refractivity contribution in [1.82, 2.24) is 25.4 Å². The maximum Gasteiger partial charge on any atom is 0.246 e. The summed E-state index contributed by atoms with van der Waals surface area (Å²) in [5, 5.41) is 27.4. The van der Waals surface area contributed by atoms with Gasteiger partial charge in [-0.15, -0.1) is 11.3 Å². The Morgan fingerprint density at radius 1 is 0.900 bits per heavy atom. The minimum Gasteiger partial charge on any atom is -0.512 e. The molecule has 0 saturated carbocycles. The number of nitrogens with one attached hydrogen (secondary N) is 2. The van der Waals surface area contributed by atoms with E-state index in [-0.39, 0.29) is 61.2 Å². The van der Waals surface area contributed by atoms with Gasteiger partial charge in [0.2, 0.25) is 17.7 Å². The summed E-state index contributed by atoms with van der Waals surface area (Å²) in [5.41, 5.74) is 7.95. The molecule has 0 radical (unpaired) electrons. The van der Waals surface area contributed by atoms with E-state index in [1.54, 1.807) is 11.3 Å². The van der Waals surface area contributed by atoms with E-state index < -0.39 is 35.4 Å². The van der Waals surface area contributed by atoms with Crippen LogP contribution in [-0.4, -0.2) is 125 Å². The highest BCUT2D eigenvalue weighted by Gasteiger charge is 2.45. The number of hydrogen-bond acceptors (Lipinski definition) is 12. The average molecular weight is 978 g/mol. The second-order valence-electron chi connectivity index (χ2n) is 21.0. The molecule has 1 aliphatic carbocycles. The van der Waals surface area contributed by atoms with E-state index >= 15 is 0 Å². The fraction of sp³-hybridized carbons (Fsp3) is 0.509. The number of ketones is 1. The van der Waals surface area contributed by atoms with Crippen LogP contribution in [0.5, 0.6) is 5.75 Å². The van der Waals surface area contributed by atoms with Crippen LogP contribution in [0.15, 0.2) is 78.0 Å². The molecule has 0 bridgehead atoms. The van der Waals surface area contributed by atoms with Gasteiger partial charge in [0.15, 0.2) is 5.78 Å². The summed E-state index contributed by atoms with van der Waals surface area (Å²) < 4.78 is 17.8. The lowest BCUT2D eigenvalue weighted by molar-refractivity contribution is -0.144. The molecule has 14 nitrogen and oxygen atoms in total. The van der Waals surface area contributed by atoms with E-state index in [4.69, 9.17) is 14.2 Å². The molecule has 0 unspecified atom stereocenters. The van der Waals surface area contributed by atoms with Crippen molar-refractivity contribution >= 4 is 40.4 Å². The number of rotatable bonds is 18. The fourth-order valence-corrected chi connectivity index (χ4v) is 10.4. The van der Waals surface area contributed by atoms with Crippen molar-refractivity contribution < 1.29 is 43.6 Å². The molecule has 2 aliphatic heterocycles. The lowest BCUT2D eigenvalue weighted by atomic mass is 9.74. The predicted molar refractivity (Wildman–Crippen MR) is 272 cm³/mol. The normalized spacial score (nSPS) is 19.8. The van der Waals surface area contributed by atoms with Gasteiger partial charge in [0.25, 0.3) is 0 Å². The fourth-order valence-electron chi connectivity index (χ4n) is 9.63. The molecule has 1 aromatic heterocycles. The third kappa shape index (κ3) is 13.3. The number of benzene rings is 3. The maximum atomic E-state index is 14.1. The summed E-state index contributed by atoms with van der Waals surface area (Å²) in [6.45, 7) is 18.6. The molecular formula is C55H71N5O9S. The molecule has 70 heavy (non-hydrogen) atoms. The predicted octanol–water partition coefficient (Wildman–Crippen LogP) is 8.00. The van der Waals surface area contributed by atoms with E-state index in [1.807, 2.05) is 128 Å². The average Bonchev–Trinajstić information content (AvgIpc) is 3.93. The van der Waals surface area contributed by atoms with Gasteiger partial charge in [0.1, 0.15) is 36.3 Å². The monoisotopic (exact) mass is 977 g/mol. The van der Waals surface area contributed by atoms with Crippen molar-refractivity contribution in [1.29, 1.82) is 0 Å². The Kier molecular flexibility index (Phi) is 17.0. The number of aromatic nitrogens is 1. The number of aliphatic hydroxyl groups excluding tert-OH is 2. The largest absolute Gasteiger partial charge is 0.512 e. The number of allylic oxidation sites excluding steroid dienone is 2. The lowest BCUT2D eigenvalue weighted by Gasteiger charge is -2.35. The zero-order chi connectivity index (χ0) is 50.3. The maximum absolute atomic E-state index is 14.1. The molecule has 3 aromatic carbocycles. The number of carbonyl (C=O) groups is 4. The second kappa shape index (κ2) is 22.7. The van der Waals surface area contributed by atoms with E-state index in [9.17, 15) is 29.4 Å². The van der Waals surface area contributed by atoms with Gasteiger partial charge in [-0.3, -0.25) is 19.2 Å². The number of β-amino-alcohol motifs (C(OH)–C–C–N with tert-alkyl or cyclic N) is 1. The molecule has 2 saturated heterocycles. The number of thiazole rings is 1. The molecule has 3 heterocycles. The van der Waals surface area contributed by atoms with Gasteiger partial charge in [-0.05, 0) is 96.0 Å². The molecule has 3 aliphatic rings. The van der Waals surface area contributed by atoms with Crippen LogP contribution in [0, 0.1) is 24.7 Å². The number of hydrogen-bond donors (Lipinski definition) is 4. The number of likely N-dealkylation sites (tertiary alicyclic amines) is 2. The Labute approximate surface area is 416 Å². The van der Waals surface area contributed by atoms with Gasteiger partial charge in [-0.2, -0.15) is 0 Å². The van der Waals surface area contributed by atoms with E-state index in [0.717, 1.165) is 82.2 Å². The number of nitrogens with zero attached hydrogens (tertiary/aromatic N) is 3. The summed E-state index contributed by atoms with van der Waals surface area (Å²) in [4.78, 5) is 63.1. The Morgan fingerprint density at radius 2 is 1.57 bits per heavy atom. The topological polar surface area (TPSA) is 180 Å². The summed E-state index contributed by atoms with van der Waals surface area (Å²) >= 11 is 1.58. The highest BCUT2D eigenvalue weighted by Crippen LogP contribution is 2.41. The van der Waals surface area contributed by atoms with E-state index in [1.165, 1.54) is 4.90 Å². The van der Waals surface area contributed by atoms with Gasteiger partial charge in [-0.1, -0.05) is 83.1 Å². The molecule has 4 aromatic rings. The summed E-state index contributed by atoms with van der Waals surface area (Å²) in [7, 11) is 0. The van der Waals surface area contributed by atoms with Crippen LogP contribution in [-0.2, 0) is 28.7 Å².